The Kier molecular flexibility index (Phi) is 7.27. The summed E-state index contributed by atoms with van der Waals surface area (Å²) in [5, 5.41) is 5.00. The van der Waals surface area contributed by atoms with Gasteiger partial charge in [-0.1, -0.05) is 36.4 Å². The fourth-order valence-electron chi connectivity index (χ4n) is 2.39. The van der Waals surface area contributed by atoms with E-state index in [4.69, 9.17) is 0 Å². The van der Waals surface area contributed by atoms with Gasteiger partial charge in [0.05, 0.1) is 13.2 Å². The van der Waals surface area contributed by atoms with E-state index in [9.17, 15) is 19.2 Å². The Morgan fingerprint density at radius 3 is 1.39 bits per heavy atom. The minimum absolute atomic E-state index is 0.0800. The molecular formula is C20H20N2O6. The van der Waals surface area contributed by atoms with Crippen molar-refractivity contribution in [2.75, 3.05) is 23.8 Å². The number of rotatable bonds is 5. The highest BCUT2D eigenvalue weighted by Gasteiger charge is 2.20. The fourth-order valence-corrected chi connectivity index (χ4v) is 2.39. The molecule has 0 spiro atoms. The zero-order valence-corrected chi connectivity index (χ0v) is 15.5. The average Bonchev–Trinajstić information content (AvgIpc) is 2.69. The molecule has 2 amide bonds. The molecule has 0 aliphatic rings. The Balaban J connectivity index is 2.34. The van der Waals surface area contributed by atoms with Gasteiger partial charge in [0.2, 0.25) is 0 Å². The molecule has 8 heteroatoms. The number of benzene rings is 2. The molecule has 0 saturated heterocycles. The Labute approximate surface area is 161 Å². The van der Waals surface area contributed by atoms with Gasteiger partial charge in [-0.25, -0.2) is 9.59 Å². The third-order valence-electron chi connectivity index (χ3n) is 3.56. The van der Waals surface area contributed by atoms with Gasteiger partial charge in [0, 0.05) is 22.5 Å². The lowest BCUT2D eigenvalue weighted by Gasteiger charge is -2.15. The van der Waals surface area contributed by atoms with E-state index in [2.05, 4.69) is 20.1 Å². The number of anilines is 2. The maximum absolute atomic E-state index is 12.0. The van der Waals surface area contributed by atoms with Crippen LogP contribution in [-0.2, 0) is 28.7 Å². The van der Waals surface area contributed by atoms with Crippen LogP contribution in [-0.4, -0.2) is 37.0 Å². The lowest BCUT2D eigenvalue weighted by Crippen LogP contribution is -2.26. The van der Waals surface area contributed by atoms with Crippen LogP contribution in [0, 0.1) is 0 Å². The Hall–Kier alpha value is -3.68. The maximum atomic E-state index is 12.0. The third-order valence-corrected chi connectivity index (χ3v) is 3.56. The molecule has 146 valence electrons. The molecule has 0 radical (unpaired) electrons. The van der Waals surface area contributed by atoms with Crippen LogP contribution in [0.15, 0.2) is 48.5 Å². The molecule has 0 aromatic heterocycles. The van der Waals surface area contributed by atoms with Crippen LogP contribution in [0.2, 0.25) is 0 Å². The summed E-state index contributed by atoms with van der Waals surface area (Å²) in [6.07, 6.45) is 0. The summed E-state index contributed by atoms with van der Waals surface area (Å²) in [6, 6.07) is 13.5. The molecule has 0 aliphatic carbocycles. The fraction of sp³-hybridized carbons (Fsp3) is 0.200. The van der Waals surface area contributed by atoms with E-state index in [0.717, 1.165) is 0 Å². The Morgan fingerprint density at radius 1 is 0.679 bits per heavy atom. The van der Waals surface area contributed by atoms with Crippen LogP contribution in [0.25, 0.3) is 11.1 Å². The monoisotopic (exact) mass is 384 g/mol. The summed E-state index contributed by atoms with van der Waals surface area (Å²) in [6.45, 7) is 3.36. The molecule has 2 N–H and O–H groups in total. The standard InChI is InChI=1S/C20H20N2O6/c1-3-27-19(25)17(23)21-15-11-7-5-9-13(15)14-10-6-8-12-16(14)22-18(24)20(26)28-4-2/h5-12H,3-4H2,1-2H3,(H,21,23)(H,22,24). The van der Waals surface area contributed by atoms with Crippen molar-refractivity contribution in [3.05, 3.63) is 48.5 Å². The van der Waals surface area contributed by atoms with E-state index < -0.39 is 23.8 Å². The lowest BCUT2D eigenvalue weighted by molar-refractivity contribution is -0.152. The molecule has 0 aliphatic heterocycles. The van der Waals surface area contributed by atoms with Gasteiger partial charge in [-0.05, 0) is 26.0 Å². The summed E-state index contributed by atoms with van der Waals surface area (Å²) >= 11 is 0. The van der Waals surface area contributed by atoms with Crippen molar-refractivity contribution in [2.24, 2.45) is 0 Å². The van der Waals surface area contributed by atoms with Crippen molar-refractivity contribution < 1.29 is 28.7 Å². The van der Waals surface area contributed by atoms with E-state index in [-0.39, 0.29) is 13.2 Å². The van der Waals surface area contributed by atoms with Crippen molar-refractivity contribution in [2.45, 2.75) is 13.8 Å². The lowest BCUT2D eigenvalue weighted by atomic mass is 10.0. The highest BCUT2D eigenvalue weighted by atomic mass is 16.5. The van der Waals surface area contributed by atoms with Crippen molar-refractivity contribution in [1.29, 1.82) is 0 Å². The largest absolute Gasteiger partial charge is 0.459 e. The zero-order chi connectivity index (χ0) is 20.5. The number of carbonyl (C=O) groups excluding carboxylic acids is 4. The number of nitrogens with one attached hydrogen (secondary N) is 2. The quantitative estimate of drug-likeness (QED) is 0.605. The minimum atomic E-state index is -0.999. The van der Waals surface area contributed by atoms with E-state index >= 15 is 0 Å². The van der Waals surface area contributed by atoms with Gasteiger partial charge >= 0.3 is 23.8 Å². The van der Waals surface area contributed by atoms with Gasteiger partial charge in [0.1, 0.15) is 0 Å². The summed E-state index contributed by atoms with van der Waals surface area (Å²) < 4.78 is 9.38. The first-order valence-corrected chi connectivity index (χ1v) is 8.62. The molecule has 0 heterocycles. The second kappa shape index (κ2) is 9.86. The second-order valence-electron chi connectivity index (χ2n) is 5.44. The molecule has 0 fully saturated rings. The molecule has 28 heavy (non-hydrogen) atoms. The summed E-state index contributed by atoms with van der Waals surface area (Å²) in [5.74, 6) is -3.83. The third kappa shape index (κ3) is 5.16. The summed E-state index contributed by atoms with van der Waals surface area (Å²) in [4.78, 5) is 47.2. The highest BCUT2D eigenvalue weighted by Crippen LogP contribution is 2.33. The molecular weight excluding hydrogens is 364 g/mol. The van der Waals surface area contributed by atoms with E-state index in [1.807, 2.05) is 0 Å². The van der Waals surface area contributed by atoms with Gasteiger partial charge in [0.25, 0.3) is 0 Å². The summed E-state index contributed by atoms with van der Waals surface area (Å²) in [5.41, 5.74) is 1.77. The molecule has 0 unspecified atom stereocenters. The predicted octanol–water partition coefficient (Wildman–Crippen LogP) is 2.36. The molecule has 0 bridgehead atoms. The number of amides is 2. The van der Waals surface area contributed by atoms with Crippen LogP contribution < -0.4 is 10.6 Å². The van der Waals surface area contributed by atoms with Gasteiger partial charge in [0.15, 0.2) is 0 Å². The highest BCUT2D eigenvalue weighted by molar-refractivity contribution is 6.38. The SMILES string of the molecule is CCOC(=O)C(=O)Nc1ccccc1-c1ccccc1NC(=O)C(=O)OCC. The normalized spacial score (nSPS) is 9.93. The first-order valence-electron chi connectivity index (χ1n) is 8.62. The number of para-hydroxylation sites is 2. The Morgan fingerprint density at radius 2 is 1.04 bits per heavy atom. The minimum Gasteiger partial charge on any atom is -0.459 e. The molecule has 8 nitrogen and oxygen atoms in total. The van der Waals surface area contributed by atoms with Crippen LogP contribution >= 0.6 is 0 Å². The molecule has 0 saturated carbocycles. The van der Waals surface area contributed by atoms with Gasteiger partial charge in [-0.15, -0.1) is 0 Å². The summed E-state index contributed by atoms with van der Waals surface area (Å²) in [7, 11) is 0. The zero-order valence-electron chi connectivity index (χ0n) is 15.5. The van der Waals surface area contributed by atoms with Crippen molar-refractivity contribution in [3.63, 3.8) is 0 Å². The van der Waals surface area contributed by atoms with E-state index in [1.54, 1.807) is 62.4 Å². The van der Waals surface area contributed by atoms with Crippen LogP contribution in [0.1, 0.15) is 13.8 Å². The second-order valence-corrected chi connectivity index (χ2v) is 5.44. The Bertz CT molecular complexity index is 820. The van der Waals surface area contributed by atoms with Crippen molar-refractivity contribution >= 4 is 35.1 Å². The average molecular weight is 384 g/mol. The van der Waals surface area contributed by atoms with Crippen molar-refractivity contribution in [3.8, 4) is 11.1 Å². The number of esters is 2. The maximum Gasteiger partial charge on any atom is 0.397 e. The molecule has 2 aromatic carbocycles. The molecule has 2 rings (SSSR count). The molecule has 0 atom stereocenters. The van der Waals surface area contributed by atoms with E-state index in [0.29, 0.717) is 22.5 Å². The first kappa shape index (κ1) is 20.6. The van der Waals surface area contributed by atoms with Crippen LogP contribution in [0.3, 0.4) is 0 Å². The number of carbonyl (C=O) groups is 4. The van der Waals surface area contributed by atoms with Crippen LogP contribution in [0.5, 0.6) is 0 Å². The van der Waals surface area contributed by atoms with Crippen LogP contribution in [0.4, 0.5) is 11.4 Å². The number of hydrogen-bond donors (Lipinski definition) is 2. The topological polar surface area (TPSA) is 111 Å². The molecule has 2 aromatic rings. The predicted molar refractivity (Wildman–Crippen MR) is 102 cm³/mol. The van der Waals surface area contributed by atoms with Gasteiger partial charge in [-0.3, -0.25) is 9.59 Å². The number of ether oxygens (including phenoxy) is 2. The first-order chi connectivity index (χ1) is 13.5. The number of hydrogen-bond acceptors (Lipinski definition) is 6. The van der Waals surface area contributed by atoms with Gasteiger partial charge < -0.3 is 20.1 Å². The smallest absolute Gasteiger partial charge is 0.397 e. The van der Waals surface area contributed by atoms with Crippen molar-refractivity contribution in [1.82, 2.24) is 0 Å². The van der Waals surface area contributed by atoms with Gasteiger partial charge in [-0.2, -0.15) is 0 Å². The van der Waals surface area contributed by atoms with E-state index in [1.165, 1.54) is 0 Å².